The second kappa shape index (κ2) is 8.45. The van der Waals surface area contributed by atoms with Gasteiger partial charge in [-0.1, -0.05) is 35.3 Å². The van der Waals surface area contributed by atoms with Gasteiger partial charge < -0.3 is 10.1 Å². The van der Waals surface area contributed by atoms with Crippen molar-refractivity contribution < 1.29 is 22.7 Å². The maximum absolute atomic E-state index is 12.9. The maximum Gasteiger partial charge on any atom is 0.418 e. The van der Waals surface area contributed by atoms with Crippen molar-refractivity contribution in [2.24, 2.45) is 0 Å². The predicted octanol–water partition coefficient (Wildman–Crippen LogP) is 5.81. The molecule has 0 aromatic heterocycles. The van der Waals surface area contributed by atoms with Crippen LogP contribution in [0.5, 0.6) is 5.75 Å². The number of hydrogen-bond donors (Lipinski definition) is 1. The molecule has 0 aliphatic heterocycles. The van der Waals surface area contributed by atoms with E-state index in [-0.39, 0.29) is 18.7 Å². The van der Waals surface area contributed by atoms with E-state index in [1.54, 1.807) is 12.1 Å². The minimum absolute atomic E-state index is 0.0113. The zero-order chi connectivity index (χ0) is 18.4. The number of halogens is 5. The first-order chi connectivity index (χ1) is 11.8. The highest BCUT2D eigenvalue weighted by Gasteiger charge is 2.33. The number of amides is 1. The van der Waals surface area contributed by atoms with Crippen LogP contribution in [0.4, 0.5) is 18.9 Å². The van der Waals surface area contributed by atoms with Crippen molar-refractivity contribution in [1.29, 1.82) is 0 Å². The average Bonchev–Trinajstić information content (AvgIpc) is 2.52. The fourth-order valence-corrected chi connectivity index (χ4v) is 2.52. The molecule has 134 valence electrons. The summed E-state index contributed by atoms with van der Waals surface area (Å²) in [7, 11) is 0. The van der Waals surface area contributed by atoms with Crippen molar-refractivity contribution in [3.8, 4) is 5.75 Å². The second-order valence-corrected chi connectivity index (χ2v) is 5.96. The zero-order valence-corrected chi connectivity index (χ0v) is 14.4. The summed E-state index contributed by atoms with van der Waals surface area (Å²) in [5.74, 6) is -0.101. The Morgan fingerprint density at radius 2 is 1.84 bits per heavy atom. The van der Waals surface area contributed by atoms with Gasteiger partial charge in [0.15, 0.2) is 0 Å². The molecule has 0 atom stereocenters. The fraction of sp³-hybridized carbons (Fsp3) is 0.235. The molecule has 3 nitrogen and oxygen atoms in total. The zero-order valence-electron chi connectivity index (χ0n) is 12.9. The highest BCUT2D eigenvalue weighted by molar-refractivity contribution is 6.35. The smallest absolute Gasteiger partial charge is 0.418 e. The number of hydrogen-bond acceptors (Lipinski definition) is 2. The van der Waals surface area contributed by atoms with Crippen molar-refractivity contribution in [3.63, 3.8) is 0 Å². The van der Waals surface area contributed by atoms with Gasteiger partial charge >= 0.3 is 6.18 Å². The number of para-hydroxylation sites is 1. The molecule has 2 aromatic carbocycles. The van der Waals surface area contributed by atoms with Crippen molar-refractivity contribution in [2.75, 3.05) is 11.9 Å². The molecule has 2 rings (SSSR count). The van der Waals surface area contributed by atoms with Gasteiger partial charge in [-0.25, -0.2) is 0 Å². The van der Waals surface area contributed by atoms with E-state index in [0.717, 1.165) is 6.07 Å². The largest absolute Gasteiger partial charge is 0.492 e. The number of alkyl halides is 3. The molecule has 0 bridgehead atoms. The van der Waals surface area contributed by atoms with Crippen LogP contribution in [0.15, 0.2) is 42.5 Å². The Balaban J connectivity index is 1.84. The molecule has 0 unspecified atom stereocenters. The summed E-state index contributed by atoms with van der Waals surface area (Å²) in [6, 6.07) is 9.57. The quantitative estimate of drug-likeness (QED) is 0.630. The molecule has 2 aromatic rings. The van der Waals surface area contributed by atoms with Gasteiger partial charge in [0, 0.05) is 11.4 Å². The maximum atomic E-state index is 12.9. The second-order valence-electron chi connectivity index (χ2n) is 5.12. The molecule has 0 radical (unpaired) electrons. The van der Waals surface area contributed by atoms with Gasteiger partial charge in [-0.05, 0) is 36.8 Å². The van der Waals surface area contributed by atoms with Gasteiger partial charge in [-0.2, -0.15) is 13.2 Å². The lowest BCUT2D eigenvalue weighted by Gasteiger charge is -2.13. The van der Waals surface area contributed by atoms with Crippen LogP contribution in [0.25, 0.3) is 0 Å². The van der Waals surface area contributed by atoms with E-state index >= 15 is 0 Å². The highest BCUT2D eigenvalue weighted by Crippen LogP contribution is 2.34. The Hall–Kier alpha value is -1.92. The number of benzene rings is 2. The Kier molecular flexibility index (Phi) is 6.56. The molecule has 0 aliphatic rings. The van der Waals surface area contributed by atoms with Gasteiger partial charge in [-0.3, -0.25) is 4.79 Å². The average molecular weight is 392 g/mol. The lowest BCUT2D eigenvalue weighted by molar-refractivity contribution is -0.137. The topological polar surface area (TPSA) is 38.3 Å². The lowest BCUT2D eigenvalue weighted by Crippen LogP contribution is -2.17. The molecule has 1 amide bonds. The van der Waals surface area contributed by atoms with E-state index in [1.165, 1.54) is 24.3 Å². The van der Waals surface area contributed by atoms with Crippen LogP contribution in [0, 0.1) is 0 Å². The molecule has 0 saturated carbocycles. The molecular weight excluding hydrogens is 378 g/mol. The number of rotatable bonds is 6. The summed E-state index contributed by atoms with van der Waals surface area (Å²) in [4.78, 5) is 11.8. The van der Waals surface area contributed by atoms with E-state index in [0.29, 0.717) is 22.2 Å². The van der Waals surface area contributed by atoms with Gasteiger partial charge in [0.25, 0.3) is 0 Å². The van der Waals surface area contributed by atoms with E-state index in [2.05, 4.69) is 5.32 Å². The van der Waals surface area contributed by atoms with Gasteiger partial charge in [0.1, 0.15) is 5.75 Å². The number of nitrogens with one attached hydrogen (secondary N) is 1. The third kappa shape index (κ3) is 5.83. The number of carbonyl (C=O) groups is 1. The highest BCUT2D eigenvalue weighted by atomic mass is 35.5. The Bertz CT molecular complexity index is 751. The van der Waals surface area contributed by atoms with E-state index in [4.69, 9.17) is 27.9 Å². The summed E-state index contributed by atoms with van der Waals surface area (Å²) >= 11 is 11.7. The van der Waals surface area contributed by atoms with Crippen molar-refractivity contribution in [3.05, 3.63) is 58.1 Å². The third-order valence-electron chi connectivity index (χ3n) is 3.21. The van der Waals surface area contributed by atoms with E-state index in [9.17, 15) is 18.0 Å². The molecule has 0 fully saturated rings. The normalized spacial score (nSPS) is 11.2. The Morgan fingerprint density at radius 1 is 1.12 bits per heavy atom. The number of carbonyl (C=O) groups excluding carboxylic acids is 1. The first-order valence-corrected chi connectivity index (χ1v) is 8.07. The van der Waals surface area contributed by atoms with Crippen LogP contribution in [-0.2, 0) is 11.0 Å². The summed E-state index contributed by atoms with van der Waals surface area (Å²) < 4.78 is 44.0. The minimum Gasteiger partial charge on any atom is -0.492 e. The molecule has 0 spiro atoms. The summed E-state index contributed by atoms with van der Waals surface area (Å²) in [5, 5.41) is 3.09. The molecule has 25 heavy (non-hydrogen) atoms. The minimum atomic E-state index is -4.53. The molecule has 1 N–H and O–H groups in total. The van der Waals surface area contributed by atoms with Crippen LogP contribution in [0.2, 0.25) is 10.0 Å². The van der Waals surface area contributed by atoms with Crippen molar-refractivity contribution >= 4 is 34.8 Å². The lowest BCUT2D eigenvalue weighted by atomic mass is 10.1. The monoisotopic (exact) mass is 391 g/mol. The first kappa shape index (κ1) is 19.4. The fourth-order valence-electron chi connectivity index (χ4n) is 2.06. The predicted molar refractivity (Wildman–Crippen MR) is 91.3 cm³/mol. The van der Waals surface area contributed by atoms with Gasteiger partial charge in [-0.15, -0.1) is 0 Å². The Morgan fingerprint density at radius 3 is 2.52 bits per heavy atom. The standard InChI is InChI=1S/C17H14Cl2F3NO2/c18-11-7-8-15(13(19)10-11)25-9-3-6-16(24)23-14-5-2-1-4-12(14)17(20,21)22/h1-2,4-5,7-8,10H,3,6,9H2,(H,23,24). The van der Waals surface area contributed by atoms with Crippen molar-refractivity contribution in [2.45, 2.75) is 19.0 Å². The number of ether oxygens (including phenoxy) is 1. The molecule has 0 heterocycles. The van der Waals surface area contributed by atoms with E-state index < -0.39 is 17.6 Å². The molecular formula is C17H14Cl2F3NO2. The van der Waals surface area contributed by atoms with Gasteiger partial charge in [0.2, 0.25) is 5.91 Å². The first-order valence-electron chi connectivity index (χ1n) is 7.31. The van der Waals surface area contributed by atoms with Crippen LogP contribution >= 0.6 is 23.2 Å². The summed E-state index contributed by atoms with van der Waals surface area (Å²) in [6.45, 7) is 0.190. The van der Waals surface area contributed by atoms with Crippen LogP contribution in [0.3, 0.4) is 0 Å². The summed E-state index contributed by atoms with van der Waals surface area (Å²) in [6.07, 6.45) is -4.20. The Labute approximate surface area is 152 Å². The molecule has 8 heteroatoms. The van der Waals surface area contributed by atoms with Crippen LogP contribution in [-0.4, -0.2) is 12.5 Å². The van der Waals surface area contributed by atoms with Crippen LogP contribution < -0.4 is 10.1 Å². The van der Waals surface area contributed by atoms with E-state index in [1.807, 2.05) is 0 Å². The SMILES string of the molecule is O=C(CCCOc1ccc(Cl)cc1Cl)Nc1ccccc1C(F)(F)F. The number of anilines is 1. The van der Waals surface area contributed by atoms with Crippen molar-refractivity contribution in [1.82, 2.24) is 0 Å². The molecule has 0 saturated heterocycles. The van der Waals surface area contributed by atoms with Gasteiger partial charge in [0.05, 0.1) is 22.9 Å². The summed E-state index contributed by atoms with van der Waals surface area (Å²) in [5.41, 5.74) is -1.14. The molecule has 0 aliphatic carbocycles. The van der Waals surface area contributed by atoms with Crippen LogP contribution in [0.1, 0.15) is 18.4 Å². The third-order valence-corrected chi connectivity index (χ3v) is 3.74.